The van der Waals surface area contributed by atoms with Gasteiger partial charge in [-0.05, 0) is 30.7 Å². The fourth-order valence-corrected chi connectivity index (χ4v) is 2.98. The van der Waals surface area contributed by atoms with Crippen molar-refractivity contribution in [3.05, 3.63) is 42.2 Å². The molecule has 0 fully saturated rings. The van der Waals surface area contributed by atoms with Crippen LogP contribution in [0.15, 0.2) is 41.6 Å². The maximum atomic E-state index is 12.4. The van der Waals surface area contributed by atoms with Crippen LogP contribution in [-0.2, 0) is 10.0 Å². The smallest absolute Gasteiger partial charge is 0.265 e. The normalized spacial score (nSPS) is 11.1. The Morgan fingerprint density at radius 1 is 1.30 bits per heavy atom. The van der Waals surface area contributed by atoms with Crippen molar-refractivity contribution in [2.75, 3.05) is 17.6 Å². The molecule has 0 unspecified atom stereocenters. The summed E-state index contributed by atoms with van der Waals surface area (Å²) < 4.78 is 32.4. The molecule has 7 heteroatoms. The van der Waals surface area contributed by atoms with Crippen LogP contribution in [-0.4, -0.2) is 20.5 Å². The van der Waals surface area contributed by atoms with Crippen LogP contribution >= 0.6 is 0 Å². The van der Waals surface area contributed by atoms with Gasteiger partial charge in [0.1, 0.15) is 10.6 Å². The van der Waals surface area contributed by atoms with E-state index in [9.17, 15) is 8.42 Å². The second kappa shape index (κ2) is 5.38. The minimum atomic E-state index is -3.75. The number of aromatic nitrogens is 1. The molecule has 2 rings (SSSR count). The molecule has 0 saturated carbocycles. The molecule has 2 aromatic rings. The number of pyridine rings is 1. The van der Waals surface area contributed by atoms with Gasteiger partial charge in [-0.2, -0.15) is 0 Å². The molecule has 3 N–H and O–H groups in total. The Kier molecular flexibility index (Phi) is 3.80. The lowest BCUT2D eigenvalue weighted by Gasteiger charge is -2.13. The third-order valence-corrected chi connectivity index (χ3v) is 4.15. The molecule has 0 spiro atoms. The fourth-order valence-electron chi connectivity index (χ4n) is 1.69. The Bertz CT molecular complexity index is 729. The largest absolute Gasteiger partial charge is 0.495 e. The average molecular weight is 293 g/mol. The van der Waals surface area contributed by atoms with Crippen molar-refractivity contribution in [3.8, 4) is 5.75 Å². The molecular weight excluding hydrogens is 278 g/mol. The van der Waals surface area contributed by atoms with Gasteiger partial charge in [-0.3, -0.25) is 9.71 Å². The van der Waals surface area contributed by atoms with E-state index in [1.54, 1.807) is 19.2 Å². The molecule has 6 nitrogen and oxygen atoms in total. The quantitative estimate of drug-likeness (QED) is 0.838. The number of nitrogens with zero attached hydrogens (tertiary/aromatic N) is 1. The van der Waals surface area contributed by atoms with Gasteiger partial charge in [0.25, 0.3) is 10.0 Å². The minimum Gasteiger partial charge on any atom is -0.495 e. The fraction of sp³-hybridized carbons (Fsp3) is 0.154. The number of ether oxygens (including phenoxy) is 1. The predicted molar refractivity (Wildman–Crippen MR) is 77.2 cm³/mol. The van der Waals surface area contributed by atoms with Crippen molar-refractivity contribution >= 4 is 21.4 Å². The van der Waals surface area contributed by atoms with Gasteiger partial charge in [0.15, 0.2) is 0 Å². The predicted octanol–water partition coefficient (Wildman–Crippen LogP) is 1.78. The molecule has 0 aliphatic rings. The Labute approximate surface area is 117 Å². The molecule has 0 radical (unpaired) electrons. The van der Waals surface area contributed by atoms with E-state index in [-0.39, 0.29) is 10.6 Å². The Balaban J connectivity index is 2.44. The summed E-state index contributed by atoms with van der Waals surface area (Å²) >= 11 is 0. The number of benzene rings is 1. The third kappa shape index (κ3) is 2.83. The lowest BCUT2D eigenvalue weighted by molar-refractivity contribution is 0.403. The maximum Gasteiger partial charge on any atom is 0.265 e. The highest BCUT2D eigenvalue weighted by Crippen LogP contribution is 2.28. The number of aryl methyl sites for hydroxylation is 1. The number of anilines is 2. The summed E-state index contributed by atoms with van der Waals surface area (Å²) in [7, 11) is -2.36. The third-order valence-electron chi connectivity index (χ3n) is 2.74. The Hall–Kier alpha value is -2.28. The van der Waals surface area contributed by atoms with Crippen molar-refractivity contribution in [2.45, 2.75) is 11.8 Å². The molecule has 20 heavy (non-hydrogen) atoms. The molecule has 0 bridgehead atoms. The summed E-state index contributed by atoms with van der Waals surface area (Å²) in [5, 5.41) is 0. The standard InChI is InChI=1S/C13H15N3O3S/c1-9-8-15-6-5-11(9)16-20(17,18)13-4-3-10(14)7-12(13)19-2/h3-8H,14H2,1-2H3,(H,15,16). The van der Waals surface area contributed by atoms with E-state index in [4.69, 9.17) is 10.5 Å². The van der Waals surface area contributed by atoms with Crippen LogP contribution in [0.5, 0.6) is 5.75 Å². The molecule has 1 aromatic carbocycles. The molecule has 0 aliphatic carbocycles. The Morgan fingerprint density at radius 2 is 2.05 bits per heavy atom. The number of nitrogen functional groups attached to an aromatic ring is 1. The first-order valence-corrected chi connectivity index (χ1v) is 7.29. The highest BCUT2D eigenvalue weighted by Gasteiger charge is 2.20. The van der Waals surface area contributed by atoms with E-state index in [0.29, 0.717) is 11.4 Å². The van der Waals surface area contributed by atoms with Crippen molar-refractivity contribution in [1.82, 2.24) is 4.98 Å². The zero-order valence-electron chi connectivity index (χ0n) is 11.1. The Morgan fingerprint density at radius 3 is 2.70 bits per heavy atom. The first-order chi connectivity index (χ1) is 9.44. The first kappa shape index (κ1) is 14.1. The van der Waals surface area contributed by atoms with Gasteiger partial charge >= 0.3 is 0 Å². The highest BCUT2D eigenvalue weighted by molar-refractivity contribution is 7.92. The van der Waals surface area contributed by atoms with Crippen molar-refractivity contribution in [2.24, 2.45) is 0 Å². The number of methoxy groups -OCH3 is 1. The number of rotatable bonds is 4. The number of nitrogens with one attached hydrogen (secondary N) is 1. The van der Waals surface area contributed by atoms with E-state index in [0.717, 1.165) is 5.56 Å². The second-order valence-electron chi connectivity index (χ2n) is 4.21. The molecule has 0 aliphatic heterocycles. The molecular formula is C13H15N3O3S. The molecule has 106 valence electrons. The van der Waals surface area contributed by atoms with E-state index in [1.807, 2.05) is 0 Å². The summed E-state index contributed by atoms with van der Waals surface area (Å²) in [4.78, 5) is 3.95. The molecule has 1 heterocycles. The van der Waals surface area contributed by atoms with Crippen molar-refractivity contribution in [1.29, 1.82) is 0 Å². The van der Waals surface area contributed by atoms with Gasteiger partial charge < -0.3 is 10.5 Å². The van der Waals surface area contributed by atoms with Gasteiger partial charge in [0.2, 0.25) is 0 Å². The average Bonchev–Trinajstić information content (AvgIpc) is 2.40. The molecule has 1 aromatic heterocycles. The summed E-state index contributed by atoms with van der Waals surface area (Å²) in [6.07, 6.45) is 3.10. The summed E-state index contributed by atoms with van der Waals surface area (Å²) in [6.45, 7) is 1.77. The van der Waals surface area contributed by atoms with Crippen LogP contribution in [0.3, 0.4) is 0 Å². The number of hydrogen-bond donors (Lipinski definition) is 2. The molecule has 0 amide bonds. The van der Waals surface area contributed by atoms with Crippen molar-refractivity contribution < 1.29 is 13.2 Å². The van der Waals surface area contributed by atoms with E-state index in [2.05, 4.69) is 9.71 Å². The van der Waals surface area contributed by atoms with Crippen LogP contribution in [0.1, 0.15) is 5.56 Å². The summed E-state index contributed by atoms with van der Waals surface area (Å²) in [6, 6.07) is 5.98. The SMILES string of the molecule is COc1cc(N)ccc1S(=O)(=O)Nc1ccncc1C. The number of sulfonamides is 1. The van der Waals surface area contributed by atoms with Gasteiger partial charge in [-0.1, -0.05) is 0 Å². The minimum absolute atomic E-state index is 0.0328. The van der Waals surface area contributed by atoms with Crippen LogP contribution in [0, 0.1) is 6.92 Å². The van der Waals surface area contributed by atoms with Crippen LogP contribution in [0.4, 0.5) is 11.4 Å². The lowest BCUT2D eigenvalue weighted by atomic mass is 10.3. The van der Waals surface area contributed by atoms with E-state index in [1.165, 1.54) is 31.5 Å². The highest BCUT2D eigenvalue weighted by atomic mass is 32.2. The zero-order valence-corrected chi connectivity index (χ0v) is 11.9. The summed E-state index contributed by atoms with van der Waals surface area (Å²) in [5.74, 6) is 0.198. The van der Waals surface area contributed by atoms with Gasteiger partial charge in [-0.25, -0.2) is 8.42 Å². The van der Waals surface area contributed by atoms with Crippen LogP contribution in [0.2, 0.25) is 0 Å². The first-order valence-electron chi connectivity index (χ1n) is 5.81. The van der Waals surface area contributed by atoms with Gasteiger partial charge in [0.05, 0.1) is 12.8 Å². The number of nitrogens with two attached hydrogens (primary N) is 1. The van der Waals surface area contributed by atoms with Gasteiger partial charge in [0, 0.05) is 24.1 Å². The number of hydrogen-bond acceptors (Lipinski definition) is 5. The van der Waals surface area contributed by atoms with E-state index < -0.39 is 10.0 Å². The van der Waals surface area contributed by atoms with Crippen LogP contribution in [0.25, 0.3) is 0 Å². The lowest BCUT2D eigenvalue weighted by Crippen LogP contribution is -2.15. The summed E-state index contributed by atoms with van der Waals surface area (Å²) in [5.41, 5.74) is 7.25. The second-order valence-corrected chi connectivity index (χ2v) is 5.86. The topological polar surface area (TPSA) is 94.3 Å². The maximum absolute atomic E-state index is 12.4. The monoisotopic (exact) mass is 293 g/mol. The van der Waals surface area contributed by atoms with Crippen LogP contribution < -0.4 is 15.2 Å². The molecule has 0 saturated heterocycles. The van der Waals surface area contributed by atoms with E-state index >= 15 is 0 Å². The zero-order chi connectivity index (χ0) is 14.8. The van der Waals surface area contributed by atoms with Gasteiger partial charge in [-0.15, -0.1) is 0 Å². The molecule has 0 atom stereocenters. The van der Waals surface area contributed by atoms with Crippen molar-refractivity contribution in [3.63, 3.8) is 0 Å².